The van der Waals surface area contributed by atoms with Crippen molar-refractivity contribution >= 4 is 17.7 Å². The predicted molar refractivity (Wildman–Crippen MR) is 63.0 cm³/mol. The lowest BCUT2D eigenvalue weighted by atomic mass is 10.3. The van der Waals surface area contributed by atoms with Crippen LogP contribution in [0.25, 0.3) is 0 Å². The van der Waals surface area contributed by atoms with Crippen LogP contribution in [0, 0.1) is 0 Å². The van der Waals surface area contributed by atoms with Crippen molar-refractivity contribution in [1.82, 2.24) is 0 Å². The molecule has 0 aliphatic rings. The van der Waals surface area contributed by atoms with Crippen LogP contribution in [0.1, 0.15) is 39.5 Å². The minimum Gasteiger partial charge on any atom is -0.465 e. The lowest BCUT2D eigenvalue weighted by Crippen LogP contribution is -2.17. The summed E-state index contributed by atoms with van der Waals surface area (Å²) < 4.78 is 28.6. The molecule has 0 heterocycles. The molecule has 0 aromatic rings. The van der Waals surface area contributed by atoms with Crippen molar-refractivity contribution in [3.05, 3.63) is 0 Å². The Labute approximate surface area is 100 Å². The Balaban J connectivity index is 3.42. The van der Waals surface area contributed by atoms with E-state index in [0.717, 1.165) is 18.6 Å². The van der Waals surface area contributed by atoms with Crippen LogP contribution in [0.3, 0.4) is 0 Å². The lowest BCUT2D eigenvalue weighted by molar-refractivity contribution is -0.142. The molecular formula is C11H20F2O2S. The van der Waals surface area contributed by atoms with Gasteiger partial charge in [-0.25, -0.2) is 8.78 Å². The minimum absolute atomic E-state index is 0.0464. The normalized spacial score (nSPS) is 12.8. The Hall–Kier alpha value is -0.320. The van der Waals surface area contributed by atoms with Gasteiger partial charge in [-0.3, -0.25) is 4.79 Å². The third-order valence-electron chi connectivity index (χ3n) is 1.96. The molecule has 1 atom stereocenters. The maximum Gasteiger partial charge on any atom is 0.318 e. The standard InChI is InChI=1S/C11H20F2O2S/c1-3-7-15-11(14)9(2)16-8-5-4-6-10(12)13/h9-10H,3-8H2,1-2H3. The van der Waals surface area contributed by atoms with Crippen molar-refractivity contribution in [1.29, 1.82) is 0 Å². The van der Waals surface area contributed by atoms with Crippen molar-refractivity contribution in [2.45, 2.75) is 51.2 Å². The number of alkyl halides is 2. The first kappa shape index (κ1) is 15.7. The topological polar surface area (TPSA) is 26.3 Å². The van der Waals surface area contributed by atoms with Crippen LogP contribution in [0.2, 0.25) is 0 Å². The van der Waals surface area contributed by atoms with Crippen LogP contribution in [0.4, 0.5) is 8.78 Å². The number of ether oxygens (including phenoxy) is 1. The summed E-state index contributed by atoms with van der Waals surface area (Å²) in [6, 6.07) is 0. The number of hydrogen-bond donors (Lipinski definition) is 0. The Morgan fingerprint density at radius 1 is 1.38 bits per heavy atom. The van der Waals surface area contributed by atoms with E-state index in [0.29, 0.717) is 13.0 Å². The second-order valence-corrected chi connectivity index (χ2v) is 5.02. The smallest absolute Gasteiger partial charge is 0.318 e. The molecule has 0 fully saturated rings. The SMILES string of the molecule is CCCOC(=O)C(C)SCCCCC(F)F. The maximum absolute atomic E-state index is 11.8. The van der Waals surface area contributed by atoms with E-state index in [4.69, 9.17) is 4.74 Å². The molecule has 0 bridgehead atoms. The van der Waals surface area contributed by atoms with Gasteiger partial charge in [0.2, 0.25) is 6.43 Å². The zero-order valence-electron chi connectivity index (χ0n) is 9.88. The molecule has 5 heteroatoms. The molecule has 2 nitrogen and oxygen atoms in total. The van der Waals surface area contributed by atoms with E-state index >= 15 is 0 Å². The Kier molecular flexibility index (Phi) is 9.68. The number of halogens is 2. The number of esters is 1. The first-order chi connectivity index (χ1) is 7.57. The van der Waals surface area contributed by atoms with Gasteiger partial charge in [-0.05, 0) is 31.9 Å². The molecule has 0 N–H and O–H groups in total. The summed E-state index contributed by atoms with van der Waals surface area (Å²) in [6.45, 7) is 4.18. The Bertz CT molecular complexity index is 189. The first-order valence-electron chi connectivity index (χ1n) is 5.64. The van der Waals surface area contributed by atoms with Gasteiger partial charge in [0.25, 0.3) is 0 Å². The molecule has 0 aromatic carbocycles. The van der Waals surface area contributed by atoms with Gasteiger partial charge in [0.05, 0.1) is 11.9 Å². The molecule has 0 aromatic heterocycles. The van der Waals surface area contributed by atoms with Crippen molar-refractivity contribution in [3.63, 3.8) is 0 Å². The fraction of sp³-hybridized carbons (Fsp3) is 0.909. The van der Waals surface area contributed by atoms with Gasteiger partial charge in [-0.2, -0.15) is 0 Å². The molecule has 0 saturated heterocycles. The second-order valence-electron chi connectivity index (χ2n) is 3.57. The fourth-order valence-corrected chi connectivity index (χ4v) is 1.98. The van der Waals surface area contributed by atoms with E-state index in [1.165, 1.54) is 11.8 Å². The van der Waals surface area contributed by atoms with Crippen molar-refractivity contribution in [3.8, 4) is 0 Å². The van der Waals surface area contributed by atoms with Crippen LogP contribution < -0.4 is 0 Å². The van der Waals surface area contributed by atoms with Gasteiger partial charge in [0, 0.05) is 6.42 Å². The van der Waals surface area contributed by atoms with Gasteiger partial charge in [0.1, 0.15) is 0 Å². The van der Waals surface area contributed by atoms with Crippen molar-refractivity contribution in [2.24, 2.45) is 0 Å². The Morgan fingerprint density at radius 2 is 2.06 bits per heavy atom. The van der Waals surface area contributed by atoms with Gasteiger partial charge in [0.15, 0.2) is 0 Å². The molecule has 1 unspecified atom stereocenters. The highest BCUT2D eigenvalue weighted by Gasteiger charge is 2.14. The van der Waals surface area contributed by atoms with Gasteiger partial charge in [-0.15, -0.1) is 11.8 Å². The third kappa shape index (κ3) is 8.95. The summed E-state index contributed by atoms with van der Waals surface area (Å²) in [6.07, 6.45) is -0.203. The molecule has 0 spiro atoms. The van der Waals surface area contributed by atoms with Crippen LogP contribution in [-0.2, 0) is 9.53 Å². The van der Waals surface area contributed by atoms with E-state index in [1.807, 2.05) is 6.92 Å². The monoisotopic (exact) mass is 254 g/mol. The molecule has 0 aliphatic heterocycles. The van der Waals surface area contributed by atoms with Gasteiger partial charge < -0.3 is 4.74 Å². The molecule has 0 aliphatic carbocycles. The molecule has 16 heavy (non-hydrogen) atoms. The number of unbranched alkanes of at least 4 members (excludes halogenated alkanes) is 1. The number of carbonyl (C=O) groups is 1. The van der Waals surface area contributed by atoms with Gasteiger partial charge in [-0.1, -0.05) is 6.92 Å². The average molecular weight is 254 g/mol. The summed E-state index contributed by atoms with van der Waals surface area (Å²) in [5.41, 5.74) is 0. The highest BCUT2D eigenvalue weighted by atomic mass is 32.2. The van der Waals surface area contributed by atoms with E-state index in [2.05, 4.69) is 0 Å². The number of thioether (sulfide) groups is 1. The van der Waals surface area contributed by atoms with E-state index in [9.17, 15) is 13.6 Å². The van der Waals surface area contributed by atoms with E-state index in [-0.39, 0.29) is 17.6 Å². The minimum atomic E-state index is -2.21. The van der Waals surface area contributed by atoms with E-state index < -0.39 is 6.43 Å². The summed E-state index contributed by atoms with van der Waals surface area (Å²) >= 11 is 1.47. The molecule has 96 valence electrons. The van der Waals surface area contributed by atoms with Crippen LogP contribution in [-0.4, -0.2) is 30.0 Å². The molecule has 0 rings (SSSR count). The summed E-state index contributed by atoms with van der Waals surface area (Å²) in [5, 5.41) is -0.196. The van der Waals surface area contributed by atoms with Crippen LogP contribution in [0.15, 0.2) is 0 Å². The maximum atomic E-state index is 11.8. The van der Waals surface area contributed by atoms with Gasteiger partial charge >= 0.3 is 5.97 Å². The Morgan fingerprint density at radius 3 is 2.62 bits per heavy atom. The zero-order valence-corrected chi connectivity index (χ0v) is 10.7. The lowest BCUT2D eigenvalue weighted by Gasteiger charge is -2.10. The average Bonchev–Trinajstić information content (AvgIpc) is 2.24. The van der Waals surface area contributed by atoms with Crippen LogP contribution in [0.5, 0.6) is 0 Å². The number of hydrogen-bond acceptors (Lipinski definition) is 3. The molecule has 0 saturated carbocycles. The molecule has 0 radical (unpaired) electrons. The van der Waals surface area contributed by atoms with Crippen molar-refractivity contribution in [2.75, 3.05) is 12.4 Å². The molecular weight excluding hydrogens is 234 g/mol. The van der Waals surface area contributed by atoms with Crippen LogP contribution >= 0.6 is 11.8 Å². The predicted octanol–water partition coefficient (Wildman–Crippen LogP) is 3.50. The highest BCUT2D eigenvalue weighted by molar-refractivity contribution is 8.00. The highest BCUT2D eigenvalue weighted by Crippen LogP contribution is 2.16. The largest absolute Gasteiger partial charge is 0.465 e. The number of carbonyl (C=O) groups excluding carboxylic acids is 1. The fourth-order valence-electron chi connectivity index (χ4n) is 1.05. The summed E-state index contributed by atoms with van der Waals surface area (Å²) in [4.78, 5) is 11.3. The third-order valence-corrected chi connectivity index (χ3v) is 3.18. The van der Waals surface area contributed by atoms with E-state index in [1.54, 1.807) is 6.92 Å². The first-order valence-corrected chi connectivity index (χ1v) is 6.69. The quantitative estimate of drug-likeness (QED) is 0.465. The second kappa shape index (κ2) is 9.87. The summed E-state index contributed by atoms with van der Waals surface area (Å²) in [5.74, 6) is 0.524. The number of rotatable bonds is 9. The zero-order chi connectivity index (χ0) is 12.4. The molecule has 0 amide bonds. The summed E-state index contributed by atoms with van der Waals surface area (Å²) in [7, 11) is 0. The van der Waals surface area contributed by atoms with Crippen molar-refractivity contribution < 1.29 is 18.3 Å².